The van der Waals surface area contributed by atoms with Crippen molar-refractivity contribution >= 4 is 18.8 Å². The molecule has 28 heavy (non-hydrogen) atoms. The van der Waals surface area contributed by atoms with Gasteiger partial charge in [-0.25, -0.2) is 4.79 Å². The number of hydrogen-bond acceptors (Lipinski definition) is 6. The second-order valence-electron chi connectivity index (χ2n) is 9.72. The molecule has 1 atom stereocenters. The molecule has 1 aromatic rings. The normalized spacial score (nSPS) is 24.3. The highest BCUT2D eigenvalue weighted by Crippen LogP contribution is 2.36. The maximum atomic E-state index is 12.4. The summed E-state index contributed by atoms with van der Waals surface area (Å²) < 4.78 is 17.6. The maximum Gasteiger partial charge on any atom is 0.516 e. The van der Waals surface area contributed by atoms with Gasteiger partial charge in [0.15, 0.2) is 0 Å². The molecule has 0 N–H and O–H groups in total. The lowest BCUT2D eigenvalue weighted by molar-refractivity contribution is 0.00578. The van der Waals surface area contributed by atoms with Gasteiger partial charge in [0.1, 0.15) is 5.60 Å². The largest absolute Gasteiger partial charge is 0.516 e. The van der Waals surface area contributed by atoms with Crippen LogP contribution in [0.15, 0.2) is 12.4 Å². The van der Waals surface area contributed by atoms with E-state index in [2.05, 4.69) is 9.97 Å². The summed E-state index contributed by atoms with van der Waals surface area (Å²) in [5.74, 6) is 0.154. The zero-order valence-electron chi connectivity index (χ0n) is 18.1. The Bertz CT molecular complexity index is 699. The van der Waals surface area contributed by atoms with Gasteiger partial charge in [0.25, 0.3) is 0 Å². The number of ether oxygens (including phenoxy) is 1. The van der Waals surface area contributed by atoms with Crippen LogP contribution in [0.4, 0.5) is 4.79 Å². The predicted octanol–water partition coefficient (Wildman–Crippen LogP) is 2.89. The molecule has 1 unspecified atom stereocenters. The summed E-state index contributed by atoms with van der Waals surface area (Å²) in [6.07, 6.45) is 5.14. The van der Waals surface area contributed by atoms with Gasteiger partial charge in [-0.3, -0.25) is 9.97 Å². The van der Waals surface area contributed by atoms with Crippen molar-refractivity contribution < 1.29 is 18.8 Å². The summed E-state index contributed by atoms with van der Waals surface area (Å²) in [4.78, 5) is 23.3. The fourth-order valence-electron chi connectivity index (χ4n) is 3.36. The Morgan fingerprint density at radius 1 is 1.18 bits per heavy atom. The highest BCUT2D eigenvalue weighted by Gasteiger charge is 2.52. The van der Waals surface area contributed by atoms with Gasteiger partial charge in [0.2, 0.25) is 0 Å². The van der Waals surface area contributed by atoms with Gasteiger partial charge >= 0.3 is 13.2 Å². The molecular formula is C20H32BN3O4. The topological polar surface area (TPSA) is 73.8 Å². The number of piperidine rings is 1. The Kier molecular flexibility index (Phi) is 5.49. The van der Waals surface area contributed by atoms with E-state index in [4.69, 9.17) is 14.0 Å². The molecule has 2 fully saturated rings. The van der Waals surface area contributed by atoms with E-state index in [1.165, 1.54) is 0 Å². The van der Waals surface area contributed by atoms with Crippen molar-refractivity contribution in [3.05, 3.63) is 18.1 Å². The minimum atomic E-state index is -0.517. The van der Waals surface area contributed by atoms with Crippen LogP contribution in [-0.4, -0.2) is 58.0 Å². The maximum absolute atomic E-state index is 12.4. The fraction of sp³-hybridized carbons (Fsp3) is 0.750. The Hall–Kier alpha value is -1.67. The first-order chi connectivity index (χ1) is 12.9. The van der Waals surface area contributed by atoms with Crippen LogP contribution < -0.4 is 5.59 Å². The van der Waals surface area contributed by atoms with Crippen LogP contribution in [-0.2, 0) is 14.0 Å². The molecule has 0 aliphatic carbocycles. The van der Waals surface area contributed by atoms with Gasteiger partial charge in [-0.1, -0.05) is 0 Å². The molecule has 3 heterocycles. The van der Waals surface area contributed by atoms with Crippen molar-refractivity contribution in [1.82, 2.24) is 14.9 Å². The number of likely N-dealkylation sites (tertiary alicyclic amines) is 1. The minimum Gasteiger partial charge on any atom is -0.444 e. The molecule has 2 aliphatic rings. The Morgan fingerprint density at radius 2 is 1.82 bits per heavy atom. The van der Waals surface area contributed by atoms with E-state index in [-0.39, 0.29) is 12.0 Å². The molecular weight excluding hydrogens is 357 g/mol. The van der Waals surface area contributed by atoms with E-state index < -0.39 is 23.9 Å². The van der Waals surface area contributed by atoms with Gasteiger partial charge in [0, 0.05) is 31.4 Å². The van der Waals surface area contributed by atoms with Crippen molar-refractivity contribution in [2.24, 2.45) is 0 Å². The monoisotopic (exact) mass is 389 g/mol. The molecule has 2 aliphatic heterocycles. The summed E-state index contributed by atoms with van der Waals surface area (Å²) in [6, 6.07) is 0. The van der Waals surface area contributed by atoms with E-state index in [9.17, 15) is 4.79 Å². The van der Waals surface area contributed by atoms with E-state index in [0.29, 0.717) is 18.7 Å². The fourth-order valence-corrected chi connectivity index (χ4v) is 3.36. The molecule has 1 aromatic heterocycles. The summed E-state index contributed by atoms with van der Waals surface area (Å²) in [7, 11) is -0.517. The highest BCUT2D eigenvalue weighted by atomic mass is 16.7. The van der Waals surface area contributed by atoms with E-state index in [0.717, 1.165) is 18.5 Å². The lowest BCUT2D eigenvalue weighted by atomic mass is 9.85. The Morgan fingerprint density at radius 3 is 2.36 bits per heavy atom. The average Bonchev–Trinajstić information content (AvgIpc) is 2.81. The molecule has 0 saturated carbocycles. The molecule has 0 spiro atoms. The van der Waals surface area contributed by atoms with Gasteiger partial charge in [-0.15, -0.1) is 0 Å². The van der Waals surface area contributed by atoms with Crippen LogP contribution in [0, 0.1) is 0 Å². The van der Waals surface area contributed by atoms with Gasteiger partial charge in [0.05, 0.1) is 22.5 Å². The Balaban J connectivity index is 1.66. The first-order valence-corrected chi connectivity index (χ1v) is 10.0. The zero-order valence-corrected chi connectivity index (χ0v) is 18.1. The quantitative estimate of drug-likeness (QED) is 0.725. The first-order valence-electron chi connectivity index (χ1n) is 10.0. The van der Waals surface area contributed by atoms with Crippen LogP contribution in [0.2, 0.25) is 0 Å². The number of rotatable bonds is 2. The number of amides is 1. The third-order valence-corrected chi connectivity index (χ3v) is 5.68. The van der Waals surface area contributed by atoms with Crippen molar-refractivity contribution in [2.45, 2.75) is 84.0 Å². The third kappa shape index (κ3) is 4.49. The number of aromatic nitrogens is 2. The SMILES string of the molecule is CC(C)(C)OC(=O)N1CCCC(c2cnc(B3OC(C)(C)C(C)(C)O3)cn2)C1. The van der Waals surface area contributed by atoms with Crippen molar-refractivity contribution in [2.75, 3.05) is 13.1 Å². The third-order valence-electron chi connectivity index (χ3n) is 5.68. The van der Waals surface area contributed by atoms with Crippen molar-refractivity contribution in [1.29, 1.82) is 0 Å². The van der Waals surface area contributed by atoms with Crippen LogP contribution in [0.5, 0.6) is 0 Å². The number of carbonyl (C=O) groups excluding carboxylic acids is 1. The molecule has 8 heteroatoms. The summed E-state index contributed by atoms with van der Waals surface area (Å²) in [5.41, 5.74) is 0.245. The standard InChI is InChI=1S/C20H32BN3O4/c1-18(2,3)26-17(25)24-10-8-9-14(13-24)15-11-23-16(12-22-15)21-27-19(4,5)20(6,7)28-21/h11-12,14H,8-10,13H2,1-7H3. The van der Waals surface area contributed by atoms with Gasteiger partial charge < -0.3 is 18.9 Å². The molecule has 2 saturated heterocycles. The molecule has 0 radical (unpaired) electrons. The van der Waals surface area contributed by atoms with E-state index in [1.807, 2.05) is 48.5 Å². The number of carbonyl (C=O) groups is 1. The lowest BCUT2D eigenvalue weighted by Crippen LogP contribution is -2.42. The molecule has 0 bridgehead atoms. The average molecular weight is 389 g/mol. The molecule has 154 valence electrons. The predicted molar refractivity (Wildman–Crippen MR) is 108 cm³/mol. The van der Waals surface area contributed by atoms with E-state index >= 15 is 0 Å². The van der Waals surface area contributed by atoms with Crippen molar-refractivity contribution in [3.8, 4) is 0 Å². The molecule has 7 nitrogen and oxygen atoms in total. The van der Waals surface area contributed by atoms with Crippen LogP contribution in [0.25, 0.3) is 0 Å². The van der Waals surface area contributed by atoms with Crippen LogP contribution >= 0.6 is 0 Å². The van der Waals surface area contributed by atoms with Gasteiger partial charge in [-0.2, -0.15) is 0 Å². The van der Waals surface area contributed by atoms with E-state index in [1.54, 1.807) is 17.3 Å². The number of nitrogens with zero attached hydrogens (tertiary/aromatic N) is 3. The lowest BCUT2D eigenvalue weighted by Gasteiger charge is -2.33. The van der Waals surface area contributed by atoms with Crippen molar-refractivity contribution in [3.63, 3.8) is 0 Å². The highest BCUT2D eigenvalue weighted by molar-refractivity contribution is 6.61. The Labute approximate surface area is 168 Å². The molecule has 0 aromatic carbocycles. The molecule has 3 rings (SSSR count). The second kappa shape index (κ2) is 7.30. The second-order valence-corrected chi connectivity index (χ2v) is 9.72. The summed E-state index contributed by atoms with van der Waals surface area (Å²) in [6.45, 7) is 15.0. The van der Waals surface area contributed by atoms with Crippen LogP contribution in [0.3, 0.4) is 0 Å². The van der Waals surface area contributed by atoms with Crippen LogP contribution in [0.1, 0.15) is 72.9 Å². The first kappa shape index (κ1) is 21.1. The van der Waals surface area contributed by atoms with Gasteiger partial charge in [-0.05, 0) is 61.3 Å². The number of hydrogen-bond donors (Lipinski definition) is 0. The zero-order chi connectivity index (χ0) is 20.7. The minimum absolute atomic E-state index is 0.154. The smallest absolute Gasteiger partial charge is 0.444 e. The summed E-state index contributed by atoms with van der Waals surface area (Å²) >= 11 is 0. The molecule has 1 amide bonds. The summed E-state index contributed by atoms with van der Waals surface area (Å²) in [5, 5.41) is 0.